The maximum atomic E-state index is 11.9. The van der Waals surface area contributed by atoms with E-state index >= 15 is 0 Å². The minimum atomic E-state index is -0.226. The molecule has 0 aromatic heterocycles. The van der Waals surface area contributed by atoms with Crippen molar-refractivity contribution in [1.82, 2.24) is 0 Å². The lowest BCUT2D eigenvalue weighted by atomic mass is 10.1. The van der Waals surface area contributed by atoms with Crippen LogP contribution in [0.25, 0.3) is 0 Å². The van der Waals surface area contributed by atoms with Gasteiger partial charge in [-0.25, -0.2) is 0 Å². The Morgan fingerprint density at radius 1 is 1.30 bits per heavy atom. The SMILES string of the molecule is COc1ccc(NC(=O)Cc2ccccc2O)cc1N. The van der Waals surface area contributed by atoms with E-state index in [1.807, 2.05) is 0 Å². The Hall–Kier alpha value is -2.69. The van der Waals surface area contributed by atoms with Gasteiger partial charge in [0.1, 0.15) is 11.5 Å². The van der Waals surface area contributed by atoms with Gasteiger partial charge in [0.25, 0.3) is 0 Å². The first-order chi connectivity index (χ1) is 9.60. The number of para-hydroxylation sites is 1. The lowest BCUT2D eigenvalue weighted by Crippen LogP contribution is -2.14. The van der Waals surface area contributed by atoms with E-state index in [9.17, 15) is 9.90 Å². The van der Waals surface area contributed by atoms with Crippen LogP contribution >= 0.6 is 0 Å². The molecule has 4 N–H and O–H groups in total. The monoisotopic (exact) mass is 272 g/mol. The second kappa shape index (κ2) is 5.97. The maximum absolute atomic E-state index is 11.9. The smallest absolute Gasteiger partial charge is 0.228 e. The van der Waals surface area contributed by atoms with Crippen molar-refractivity contribution in [1.29, 1.82) is 0 Å². The molecule has 2 aromatic carbocycles. The Balaban J connectivity index is 2.05. The van der Waals surface area contributed by atoms with Crippen LogP contribution in [0.15, 0.2) is 42.5 Å². The summed E-state index contributed by atoms with van der Waals surface area (Å²) in [5.41, 5.74) is 7.38. The fraction of sp³-hybridized carbons (Fsp3) is 0.133. The largest absolute Gasteiger partial charge is 0.508 e. The third-order valence-corrected chi connectivity index (χ3v) is 2.86. The summed E-state index contributed by atoms with van der Waals surface area (Å²) >= 11 is 0. The maximum Gasteiger partial charge on any atom is 0.228 e. The first kappa shape index (κ1) is 13.7. The number of hydrogen-bond acceptors (Lipinski definition) is 4. The van der Waals surface area contributed by atoms with Crippen molar-refractivity contribution in [3.63, 3.8) is 0 Å². The van der Waals surface area contributed by atoms with Crippen molar-refractivity contribution >= 4 is 17.3 Å². The number of aromatic hydroxyl groups is 1. The summed E-state index contributed by atoms with van der Waals surface area (Å²) in [5, 5.41) is 12.3. The van der Waals surface area contributed by atoms with Gasteiger partial charge in [-0.05, 0) is 24.3 Å². The molecule has 0 spiro atoms. The molecule has 0 bridgehead atoms. The minimum absolute atomic E-state index is 0.0958. The summed E-state index contributed by atoms with van der Waals surface area (Å²) in [4.78, 5) is 11.9. The van der Waals surface area contributed by atoms with Crippen LogP contribution in [0.4, 0.5) is 11.4 Å². The summed E-state index contributed by atoms with van der Waals surface area (Å²) in [7, 11) is 1.53. The number of benzene rings is 2. The zero-order chi connectivity index (χ0) is 14.5. The standard InChI is InChI=1S/C15H16N2O3/c1-20-14-7-6-11(9-12(14)16)17-15(19)8-10-4-2-3-5-13(10)18/h2-7,9,18H,8,16H2,1H3,(H,17,19). The van der Waals surface area contributed by atoms with Gasteiger partial charge in [0, 0.05) is 11.3 Å². The Kier molecular flexibility index (Phi) is 4.10. The van der Waals surface area contributed by atoms with Crippen molar-refractivity contribution in [2.24, 2.45) is 0 Å². The van der Waals surface area contributed by atoms with Crippen LogP contribution in [0.3, 0.4) is 0 Å². The molecule has 1 amide bonds. The summed E-state index contributed by atoms with van der Waals surface area (Å²) < 4.78 is 5.05. The van der Waals surface area contributed by atoms with Crippen molar-refractivity contribution in [3.05, 3.63) is 48.0 Å². The van der Waals surface area contributed by atoms with E-state index in [4.69, 9.17) is 10.5 Å². The van der Waals surface area contributed by atoms with Crippen molar-refractivity contribution in [2.75, 3.05) is 18.2 Å². The lowest BCUT2D eigenvalue weighted by molar-refractivity contribution is -0.115. The van der Waals surface area contributed by atoms with Gasteiger partial charge in [0.05, 0.1) is 19.2 Å². The number of ether oxygens (including phenoxy) is 1. The van der Waals surface area contributed by atoms with E-state index in [-0.39, 0.29) is 18.1 Å². The molecule has 5 heteroatoms. The summed E-state index contributed by atoms with van der Waals surface area (Å²) in [5.74, 6) is 0.441. The number of carbonyl (C=O) groups excluding carboxylic acids is 1. The Morgan fingerprint density at radius 3 is 2.70 bits per heavy atom. The molecule has 104 valence electrons. The highest BCUT2D eigenvalue weighted by Crippen LogP contribution is 2.25. The molecule has 2 aromatic rings. The van der Waals surface area contributed by atoms with Gasteiger partial charge in [0.15, 0.2) is 0 Å². The quantitative estimate of drug-likeness (QED) is 0.745. The molecule has 0 aliphatic rings. The van der Waals surface area contributed by atoms with E-state index in [1.165, 1.54) is 7.11 Å². The zero-order valence-corrected chi connectivity index (χ0v) is 11.1. The Bertz CT molecular complexity index is 626. The van der Waals surface area contributed by atoms with Crippen LogP contribution in [0.1, 0.15) is 5.56 Å². The van der Waals surface area contributed by atoms with E-state index < -0.39 is 0 Å². The van der Waals surface area contributed by atoms with Crippen molar-refractivity contribution < 1.29 is 14.6 Å². The molecule has 0 fully saturated rings. The molecular formula is C15H16N2O3. The molecule has 0 heterocycles. The summed E-state index contributed by atoms with van der Waals surface area (Å²) in [6.45, 7) is 0. The Labute approximate surface area is 117 Å². The van der Waals surface area contributed by atoms with Gasteiger partial charge in [-0.3, -0.25) is 4.79 Å². The molecule has 0 atom stereocenters. The number of nitrogens with one attached hydrogen (secondary N) is 1. The molecular weight excluding hydrogens is 256 g/mol. The minimum Gasteiger partial charge on any atom is -0.508 e. The summed E-state index contributed by atoms with van der Waals surface area (Å²) in [6, 6.07) is 11.8. The average molecular weight is 272 g/mol. The molecule has 0 saturated heterocycles. The molecule has 0 aliphatic carbocycles. The second-order valence-corrected chi connectivity index (χ2v) is 4.31. The molecule has 0 radical (unpaired) electrons. The third kappa shape index (κ3) is 3.20. The lowest BCUT2D eigenvalue weighted by Gasteiger charge is -2.09. The van der Waals surface area contributed by atoms with E-state index in [2.05, 4.69) is 5.32 Å². The molecule has 5 nitrogen and oxygen atoms in total. The van der Waals surface area contributed by atoms with Crippen LogP contribution < -0.4 is 15.8 Å². The van der Waals surface area contributed by atoms with Crippen molar-refractivity contribution in [3.8, 4) is 11.5 Å². The fourth-order valence-corrected chi connectivity index (χ4v) is 1.85. The van der Waals surface area contributed by atoms with Crippen LogP contribution in [-0.2, 0) is 11.2 Å². The van der Waals surface area contributed by atoms with Crippen LogP contribution in [0, 0.1) is 0 Å². The molecule has 20 heavy (non-hydrogen) atoms. The first-order valence-corrected chi connectivity index (χ1v) is 6.10. The topological polar surface area (TPSA) is 84.6 Å². The number of carbonyl (C=O) groups is 1. The number of nitrogens with two attached hydrogens (primary N) is 1. The van der Waals surface area contributed by atoms with Gasteiger partial charge in [-0.15, -0.1) is 0 Å². The number of hydrogen-bond donors (Lipinski definition) is 3. The number of phenolic OH excluding ortho intramolecular Hbond substituents is 1. The summed E-state index contributed by atoms with van der Waals surface area (Å²) in [6.07, 6.45) is 0.0958. The van der Waals surface area contributed by atoms with Gasteiger partial charge in [0.2, 0.25) is 5.91 Å². The highest BCUT2D eigenvalue weighted by molar-refractivity contribution is 5.93. The zero-order valence-electron chi connectivity index (χ0n) is 11.1. The molecule has 2 rings (SSSR count). The highest BCUT2D eigenvalue weighted by atomic mass is 16.5. The van der Waals surface area contributed by atoms with E-state index in [0.29, 0.717) is 22.7 Å². The highest BCUT2D eigenvalue weighted by Gasteiger charge is 2.08. The van der Waals surface area contributed by atoms with Gasteiger partial charge < -0.3 is 20.9 Å². The normalized spacial score (nSPS) is 10.1. The number of rotatable bonds is 4. The number of anilines is 2. The average Bonchev–Trinajstić information content (AvgIpc) is 2.41. The van der Waals surface area contributed by atoms with Gasteiger partial charge >= 0.3 is 0 Å². The predicted octanol–water partition coefficient (Wildman–Crippen LogP) is 2.16. The van der Waals surface area contributed by atoms with E-state index in [1.54, 1.807) is 42.5 Å². The van der Waals surface area contributed by atoms with Crippen molar-refractivity contribution in [2.45, 2.75) is 6.42 Å². The van der Waals surface area contributed by atoms with Gasteiger partial charge in [-0.2, -0.15) is 0 Å². The number of phenols is 1. The second-order valence-electron chi connectivity index (χ2n) is 4.31. The van der Waals surface area contributed by atoms with Crippen LogP contribution in [0.5, 0.6) is 11.5 Å². The fourth-order valence-electron chi connectivity index (χ4n) is 1.85. The molecule has 0 unspecified atom stereocenters. The van der Waals surface area contributed by atoms with Crippen LogP contribution in [0.2, 0.25) is 0 Å². The Morgan fingerprint density at radius 2 is 2.05 bits per heavy atom. The van der Waals surface area contributed by atoms with Gasteiger partial charge in [-0.1, -0.05) is 18.2 Å². The third-order valence-electron chi connectivity index (χ3n) is 2.86. The number of nitrogen functional groups attached to an aromatic ring is 1. The van der Waals surface area contributed by atoms with E-state index in [0.717, 1.165) is 0 Å². The number of methoxy groups -OCH3 is 1. The van der Waals surface area contributed by atoms with Crippen LogP contribution in [-0.4, -0.2) is 18.1 Å². The molecule has 0 saturated carbocycles. The number of amides is 1. The predicted molar refractivity (Wildman–Crippen MR) is 77.8 cm³/mol. The first-order valence-electron chi connectivity index (χ1n) is 6.10. The molecule has 0 aliphatic heterocycles.